The van der Waals surface area contributed by atoms with Gasteiger partial charge in [-0.25, -0.2) is 0 Å². The van der Waals surface area contributed by atoms with E-state index in [1.54, 1.807) is 30.3 Å². The van der Waals surface area contributed by atoms with Crippen LogP contribution in [0.3, 0.4) is 0 Å². The average molecular weight is 780 g/mol. The molecule has 2 bridgehead atoms. The second-order valence-corrected chi connectivity index (χ2v) is 16.5. The fourth-order valence-electron chi connectivity index (χ4n) is 10.1. The van der Waals surface area contributed by atoms with E-state index in [0.717, 1.165) is 97.7 Å². The number of fused-ring (bicyclic) bond motifs is 3. The first-order chi connectivity index (χ1) is 28.1. The van der Waals surface area contributed by atoms with Gasteiger partial charge in [-0.05, 0) is 127 Å². The lowest BCUT2D eigenvalue weighted by Crippen LogP contribution is -2.55. The number of amides is 4. The molecule has 4 aromatic carbocycles. The molecule has 3 unspecified atom stereocenters. The van der Waals surface area contributed by atoms with E-state index in [0.29, 0.717) is 29.1 Å². The topological polar surface area (TPSA) is 134 Å². The van der Waals surface area contributed by atoms with Gasteiger partial charge in [0.1, 0.15) is 17.5 Å². The Morgan fingerprint density at radius 2 is 1.24 bits per heavy atom. The van der Waals surface area contributed by atoms with Crippen LogP contribution in [0.2, 0.25) is 0 Å². The van der Waals surface area contributed by atoms with Crippen LogP contribution in [-0.2, 0) is 9.59 Å². The van der Waals surface area contributed by atoms with Gasteiger partial charge < -0.3 is 20.0 Å². The van der Waals surface area contributed by atoms with E-state index in [4.69, 9.17) is 0 Å². The number of benzene rings is 4. The Bertz CT molecular complexity index is 2270. The zero-order valence-corrected chi connectivity index (χ0v) is 32.8. The van der Waals surface area contributed by atoms with Crippen molar-refractivity contribution in [2.24, 2.45) is 5.92 Å². The van der Waals surface area contributed by atoms with Crippen LogP contribution >= 0.6 is 0 Å². The highest BCUT2D eigenvalue weighted by atomic mass is 16.3. The Morgan fingerprint density at radius 3 is 1.84 bits per heavy atom. The highest BCUT2D eigenvalue weighted by molar-refractivity contribution is 6.23. The summed E-state index contributed by atoms with van der Waals surface area (Å²) in [5, 5.41) is 22.2. The number of phenols is 2. The van der Waals surface area contributed by atoms with Gasteiger partial charge in [0.25, 0.3) is 11.8 Å². The molecule has 4 aromatic rings. The summed E-state index contributed by atoms with van der Waals surface area (Å²) < 4.78 is 0. The number of rotatable bonds is 9. The second kappa shape index (κ2) is 15.4. The van der Waals surface area contributed by atoms with Gasteiger partial charge in [0, 0.05) is 62.6 Å². The maximum Gasteiger partial charge on any atom is 0.262 e. The van der Waals surface area contributed by atoms with E-state index >= 15 is 0 Å². The Hall–Kier alpha value is -5.94. The third-order valence-electron chi connectivity index (χ3n) is 13.0. The monoisotopic (exact) mass is 779 g/mol. The largest absolute Gasteiger partial charge is 0.508 e. The normalized spacial score (nSPS) is 23.0. The van der Waals surface area contributed by atoms with E-state index in [1.807, 2.05) is 36.4 Å². The number of hydrogen-bond donors (Lipinski definition) is 3. The molecule has 0 radical (unpaired) electrons. The van der Waals surface area contributed by atoms with Crippen molar-refractivity contribution >= 4 is 46.1 Å². The number of piperidine rings is 2. The fraction of sp³-hybridized carbons (Fsp3) is 0.362. The number of nitrogens with one attached hydrogen (secondary N) is 1. The van der Waals surface area contributed by atoms with Crippen LogP contribution < -0.4 is 15.1 Å². The fourth-order valence-corrected chi connectivity index (χ4v) is 10.1. The number of aromatic hydroxyl groups is 2. The molecule has 0 aromatic heterocycles. The van der Waals surface area contributed by atoms with Crippen LogP contribution in [0, 0.1) is 5.92 Å². The van der Waals surface area contributed by atoms with E-state index < -0.39 is 23.8 Å². The molecule has 11 heteroatoms. The van der Waals surface area contributed by atoms with Crippen molar-refractivity contribution in [3.8, 4) is 11.5 Å². The van der Waals surface area contributed by atoms with Crippen molar-refractivity contribution in [3.05, 3.63) is 119 Å². The lowest BCUT2D eigenvalue weighted by molar-refractivity contribution is -0.136. The van der Waals surface area contributed by atoms with Crippen LogP contribution in [0.1, 0.15) is 89.3 Å². The van der Waals surface area contributed by atoms with Crippen molar-refractivity contribution < 1.29 is 29.4 Å². The minimum atomic E-state index is -0.966. The number of anilines is 2. The number of likely N-dealkylation sites (tertiary alicyclic amines) is 1. The van der Waals surface area contributed by atoms with E-state index in [9.17, 15) is 29.4 Å². The van der Waals surface area contributed by atoms with Gasteiger partial charge in [0.2, 0.25) is 11.8 Å². The lowest BCUT2D eigenvalue weighted by atomic mass is 9.88. The first-order valence-corrected chi connectivity index (χ1v) is 20.7. The lowest BCUT2D eigenvalue weighted by Gasteiger charge is -2.44. The van der Waals surface area contributed by atoms with Gasteiger partial charge in [-0.2, -0.15) is 0 Å². The van der Waals surface area contributed by atoms with Crippen LogP contribution in [-0.4, -0.2) is 94.5 Å². The second-order valence-electron chi connectivity index (χ2n) is 16.5. The minimum absolute atomic E-state index is 0.0998. The van der Waals surface area contributed by atoms with E-state index in [2.05, 4.69) is 51.2 Å². The number of piperazine rings is 1. The van der Waals surface area contributed by atoms with Crippen LogP contribution in [0.25, 0.3) is 11.1 Å². The average Bonchev–Trinajstić information content (AvgIpc) is 3.64. The summed E-state index contributed by atoms with van der Waals surface area (Å²) in [6.07, 6.45) is 5.47. The summed E-state index contributed by atoms with van der Waals surface area (Å²) in [4.78, 5) is 59.7. The van der Waals surface area contributed by atoms with Crippen molar-refractivity contribution in [1.82, 2.24) is 15.1 Å². The molecular formula is C47H49N5O6. The van der Waals surface area contributed by atoms with E-state index in [1.165, 1.54) is 11.3 Å². The summed E-state index contributed by atoms with van der Waals surface area (Å²) in [5.74, 6) is -0.823. The number of carbonyl (C=O) groups excluding carboxylic acids is 4. The zero-order valence-electron chi connectivity index (χ0n) is 32.8. The number of nitrogens with zero attached hydrogens (tertiary/aromatic N) is 4. The molecule has 0 spiro atoms. The molecule has 4 amide bonds. The van der Waals surface area contributed by atoms with Gasteiger partial charge in [0.05, 0.1) is 11.1 Å². The highest BCUT2D eigenvalue weighted by Crippen LogP contribution is 2.40. The SMILES string of the molecule is CCC(=C(c1ccc(O)cc1)c1ccc(N2CCC(CN3CC4CCC(C3)N4c3ccc4c(c3)C(=O)N(C3CCC(=O)NC3=O)C4=O)CC2)cc1)c1ccc(O)cc1. The molecule has 4 saturated heterocycles. The Labute approximate surface area is 338 Å². The number of imide groups is 2. The third kappa shape index (κ3) is 7.01. The first-order valence-electron chi connectivity index (χ1n) is 20.7. The molecule has 298 valence electrons. The summed E-state index contributed by atoms with van der Waals surface area (Å²) in [7, 11) is 0. The van der Waals surface area contributed by atoms with Crippen molar-refractivity contribution in [2.45, 2.75) is 70.0 Å². The minimum Gasteiger partial charge on any atom is -0.508 e. The maximum atomic E-state index is 13.5. The molecule has 5 aliphatic rings. The Kier molecular flexibility index (Phi) is 10.0. The van der Waals surface area contributed by atoms with Gasteiger partial charge in [-0.15, -0.1) is 0 Å². The molecular weight excluding hydrogens is 731 g/mol. The first kappa shape index (κ1) is 37.6. The quantitative estimate of drug-likeness (QED) is 0.130. The smallest absolute Gasteiger partial charge is 0.262 e. The Balaban J connectivity index is 0.830. The third-order valence-corrected chi connectivity index (χ3v) is 13.0. The molecule has 11 nitrogen and oxygen atoms in total. The molecule has 4 fully saturated rings. The maximum absolute atomic E-state index is 13.5. The molecule has 0 aliphatic carbocycles. The number of phenolic OH excluding ortho intramolecular Hbond substituents is 2. The summed E-state index contributed by atoms with van der Waals surface area (Å²) in [6, 6.07) is 28.8. The summed E-state index contributed by atoms with van der Waals surface area (Å²) >= 11 is 0. The molecule has 3 atom stereocenters. The summed E-state index contributed by atoms with van der Waals surface area (Å²) in [5.41, 5.74) is 8.31. The zero-order chi connectivity index (χ0) is 40.1. The van der Waals surface area contributed by atoms with Crippen molar-refractivity contribution in [3.63, 3.8) is 0 Å². The highest BCUT2D eigenvalue weighted by Gasteiger charge is 2.46. The number of allylic oxidation sites excluding steroid dienone is 1. The molecule has 0 saturated carbocycles. The van der Waals surface area contributed by atoms with Crippen molar-refractivity contribution in [1.29, 1.82) is 0 Å². The van der Waals surface area contributed by atoms with Gasteiger partial charge in [-0.1, -0.05) is 43.3 Å². The molecule has 9 rings (SSSR count). The molecule has 3 N–H and O–H groups in total. The van der Waals surface area contributed by atoms with Crippen LogP contribution in [0.4, 0.5) is 11.4 Å². The summed E-state index contributed by atoms with van der Waals surface area (Å²) in [6.45, 7) is 7.15. The predicted octanol–water partition coefficient (Wildman–Crippen LogP) is 6.44. The van der Waals surface area contributed by atoms with Crippen LogP contribution in [0.15, 0.2) is 91.0 Å². The standard InChI is InChI=1S/C47H49N5O6/c1-2-39(30-5-14-37(53)15-6-30)44(32-7-16-38(54)17-8-32)31-3-9-33(10-4-31)50-23-21-29(22-24-50)26-49-27-35-11-12-36(28-49)51(35)34-13-18-40-41(25-34)47(58)52(46(40)57)42-19-20-43(55)48-45(42)56/h3-10,13-18,25,29,35-36,42,53-54H,2,11-12,19-24,26-28H2,1H3,(H,48,55,56). The molecule has 5 aliphatic heterocycles. The number of carbonyl (C=O) groups is 4. The van der Waals surface area contributed by atoms with Gasteiger partial charge >= 0.3 is 0 Å². The molecule has 58 heavy (non-hydrogen) atoms. The van der Waals surface area contributed by atoms with Crippen LogP contribution in [0.5, 0.6) is 11.5 Å². The van der Waals surface area contributed by atoms with Gasteiger partial charge in [-0.3, -0.25) is 34.3 Å². The molecule has 5 heterocycles. The Morgan fingerprint density at radius 1 is 0.672 bits per heavy atom. The predicted molar refractivity (Wildman–Crippen MR) is 223 cm³/mol. The number of hydrogen-bond acceptors (Lipinski definition) is 9. The van der Waals surface area contributed by atoms with Crippen molar-refractivity contribution in [2.75, 3.05) is 42.5 Å². The van der Waals surface area contributed by atoms with E-state index in [-0.39, 0.29) is 30.2 Å². The van der Waals surface area contributed by atoms with Gasteiger partial charge in [0.15, 0.2) is 0 Å².